The van der Waals surface area contributed by atoms with Crippen LogP contribution in [0.4, 0.5) is 17.1 Å². The van der Waals surface area contributed by atoms with Crippen molar-refractivity contribution < 1.29 is 4.42 Å². The molecule has 0 N–H and O–H groups in total. The molecule has 0 amide bonds. The number of nitrogens with zero attached hydrogens (tertiary/aromatic N) is 2. The highest BCUT2D eigenvalue weighted by Crippen LogP contribution is 2.45. The van der Waals surface area contributed by atoms with Crippen molar-refractivity contribution in [3.63, 3.8) is 0 Å². The van der Waals surface area contributed by atoms with Crippen molar-refractivity contribution in [1.82, 2.24) is 4.57 Å². The van der Waals surface area contributed by atoms with Gasteiger partial charge in [0.15, 0.2) is 0 Å². The minimum atomic E-state index is 0.873. The molecule has 0 spiro atoms. The van der Waals surface area contributed by atoms with E-state index in [2.05, 4.69) is 179 Å². The average Bonchev–Trinajstić information content (AvgIpc) is 3.73. The van der Waals surface area contributed by atoms with Gasteiger partial charge in [-0.2, -0.15) is 0 Å². The van der Waals surface area contributed by atoms with Gasteiger partial charge >= 0.3 is 0 Å². The van der Waals surface area contributed by atoms with Gasteiger partial charge in [0.05, 0.1) is 16.7 Å². The highest BCUT2D eigenvalue weighted by molar-refractivity contribution is 6.20. The zero-order valence-corrected chi connectivity index (χ0v) is 27.6. The van der Waals surface area contributed by atoms with Crippen LogP contribution in [0, 0.1) is 0 Å². The van der Waals surface area contributed by atoms with Crippen LogP contribution < -0.4 is 4.90 Å². The van der Waals surface area contributed by atoms with E-state index in [1.165, 1.54) is 54.1 Å². The minimum Gasteiger partial charge on any atom is -0.456 e. The molecular weight excluding hydrogens is 621 g/mol. The van der Waals surface area contributed by atoms with Crippen LogP contribution in [0.25, 0.3) is 81.7 Å². The molecule has 0 atom stereocenters. The van der Waals surface area contributed by atoms with Crippen LogP contribution in [-0.4, -0.2) is 4.57 Å². The highest BCUT2D eigenvalue weighted by Gasteiger charge is 2.21. The van der Waals surface area contributed by atoms with Crippen LogP contribution in [0.2, 0.25) is 0 Å². The Morgan fingerprint density at radius 3 is 1.88 bits per heavy atom. The summed E-state index contributed by atoms with van der Waals surface area (Å²) in [5, 5.41) is 12.1. The molecule has 0 unspecified atom stereocenters. The third-order valence-electron chi connectivity index (χ3n) is 10.6. The fraction of sp³-hybridized carbons (Fsp3) is 0. The van der Waals surface area contributed by atoms with Gasteiger partial charge in [-0.3, -0.25) is 0 Å². The highest BCUT2D eigenvalue weighted by atomic mass is 16.3. The van der Waals surface area contributed by atoms with Crippen molar-refractivity contribution in [3.8, 4) is 5.69 Å². The van der Waals surface area contributed by atoms with E-state index in [4.69, 9.17) is 4.42 Å². The first-order valence-electron chi connectivity index (χ1n) is 17.4. The van der Waals surface area contributed by atoms with Gasteiger partial charge in [-0.25, -0.2) is 0 Å². The number of hydrogen-bond acceptors (Lipinski definition) is 2. The summed E-state index contributed by atoms with van der Waals surface area (Å²) >= 11 is 0. The number of fused-ring (bicyclic) bond motifs is 11. The zero-order valence-electron chi connectivity index (χ0n) is 27.6. The molecule has 0 bridgehead atoms. The van der Waals surface area contributed by atoms with Gasteiger partial charge in [0, 0.05) is 50.1 Å². The number of rotatable bonds is 4. The fourth-order valence-electron chi connectivity index (χ4n) is 8.27. The molecule has 51 heavy (non-hydrogen) atoms. The van der Waals surface area contributed by atoms with Gasteiger partial charge in [0.25, 0.3) is 0 Å². The van der Waals surface area contributed by atoms with E-state index in [-0.39, 0.29) is 0 Å². The molecular formula is C48H30N2O. The first-order chi connectivity index (χ1) is 25.3. The summed E-state index contributed by atoms with van der Waals surface area (Å²) in [7, 11) is 0. The molecule has 0 aliphatic heterocycles. The van der Waals surface area contributed by atoms with Crippen LogP contribution in [0.15, 0.2) is 186 Å². The van der Waals surface area contributed by atoms with Crippen LogP contribution >= 0.6 is 0 Å². The van der Waals surface area contributed by atoms with Crippen molar-refractivity contribution in [2.45, 2.75) is 0 Å². The van der Waals surface area contributed by atoms with E-state index in [0.29, 0.717) is 0 Å². The molecule has 0 aliphatic carbocycles. The zero-order chi connectivity index (χ0) is 33.5. The second kappa shape index (κ2) is 10.8. The van der Waals surface area contributed by atoms with Crippen molar-refractivity contribution >= 4 is 93.1 Å². The Kier molecular flexibility index (Phi) is 5.96. The van der Waals surface area contributed by atoms with Crippen LogP contribution in [0.3, 0.4) is 0 Å². The van der Waals surface area contributed by atoms with Crippen molar-refractivity contribution in [3.05, 3.63) is 182 Å². The normalized spacial score (nSPS) is 11.9. The number of anilines is 3. The summed E-state index contributed by atoms with van der Waals surface area (Å²) in [5.41, 5.74) is 8.53. The Hall–Kier alpha value is -6.84. The third kappa shape index (κ3) is 4.19. The number of hydrogen-bond donors (Lipinski definition) is 0. The Balaban J connectivity index is 1.20. The maximum absolute atomic E-state index is 6.45. The molecule has 0 saturated heterocycles. The Bertz CT molecular complexity index is 3150. The van der Waals surface area contributed by atoms with Crippen LogP contribution in [0.5, 0.6) is 0 Å². The average molecular weight is 651 g/mol. The molecule has 11 aromatic rings. The SMILES string of the molecule is c1ccc(-n2c3ccccc3c3cc(N(c4ccc5c(c4)oc4ccccc45)c4cccc5c4ccc4c6ccccc6ccc54)ccc32)cc1. The molecule has 3 heteroatoms. The van der Waals surface area contributed by atoms with Crippen LogP contribution in [-0.2, 0) is 0 Å². The van der Waals surface area contributed by atoms with E-state index in [1.54, 1.807) is 0 Å². The summed E-state index contributed by atoms with van der Waals surface area (Å²) < 4.78 is 8.82. The largest absolute Gasteiger partial charge is 0.456 e. The van der Waals surface area contributed by atoms with Crippen LogP contribution in [0.1, 0.15) is 0 Å². The van der Waals surface area contributed by atoms with E-state index in [1.807, 2.05) is 12.1 Å². The maximum atomic E-state index is 6.45. The fourth-order valence-corrected chi connectivity index (χ4v) is 8.27. The second-order valence-corrected chi connectivity index (χ2v) is 13.3. The number of aromatic nitrogens is 1. The van der Waals surface area contributed by atoms with Gasteiger partial charge in [0.1, 0.15) is 11.2 Å². The van der Waals surface area contributed by atoms with Gasteiger partial charge in [-0.05, 0) is 87.6 Å². The number of furan rings is 1. The molecule has 9 aromatic carbocycles. The van der Waals surface area contributed by atoms with Crippen molar-refractivity contribution in [2.75, 3.05) is 4.90 Å². The Morgan fingerprint density at radius 2 is 0.961 bits per heavy atom. The van der Waals surface area contributed by atoms with Crippen molar-refractivity contribution in [1.29, 1.82) is 0 Å². The molecule has 0 saturated carbocycles. The first-order valence-corrected chi connectivity index (χ1v) is 17.4. The van der Waals surface area contributed by atoms with Gasteiger partial charge in [-0.1, -0.05) is 115 Å². The van der Waals surface area contributed by atoms with E-state index < -0.39 is 0 Å². The summed E-state index contributed by atoms with van der Waals surface area (Å²) in [6.45, 7) is 0. The third-order valence-corrected chi connectivity index (χ3v) is 10.6. The molecule has 2 aromatic heterocycles. The smallest absolute Gasteiger partial charge is 0.137 e. The summed E-state index contributed by atoms with van der Waals surface area (Å²) in [5.74, 6) is 0. The lowest BCUT2D eigenvalue weighted by atomic mass is 9.96. The standard InChI is InChI=1S/C48H30N2O/c1-2-12-32(13-3-1)50-45-18-8-6-15-39(45)43-29-33(23-28-46(43)50)49(34-22-25-42-41-16-7-9-20-47(41)51-48(42)30-34)44-19-10-17-36-38-24-21-31-11-4-5-14-35(31)37(38)26-27-40(36)44/h1-30H. The van der Waals surface area contributed by atoms with E-state index in [9.17, 15) is 0 Å². The topological polar surface area (TPSA) is 21.3 Å². The molecule has 11 rings (SSSR count). The van der Waals surface area contributed by atoms with E-state index in [0.717, 1.165) is 44.7 Å². The number of para-hydroxylation sites is 3. The molecule has 0 fully saturated rings. The number of benzene rings is 9. The van der Waals surface area contributed by atoms with E-state index >= 15 is 0 Å². The predicted octanol–water partition coefficient (Wildman–Crippen LogP) is 13.6. The molecule has 2 heterocycles. The second-order valence-electron chi connectivity index (χ2n) is 13.3. The van der Waals surface area contributed by atoms with Gasteiger partial charge in [0.2, 0.25) is 0 Å². The van der Waals surface area contributed by atoms with Crippen molar-refractivity contribution in [2.24, 2.45) is 0 Å². The molecule has 0 radical (unpaired) electrons. The summed E-state index contributed by atoms with van der Waals surface area (Å²) in [6, 6.07) is 65.6. The van der Waals surface area contributed by atoms with Gasteiger partial charge in [-0.15, -0.1) is 0 Å². The lowest BCUT2D eigenvalue weighted by Gasteiger charge is -2.27. The monoisotopic (exact) mass is 650 g/mol. The predicted molar refractivity (Wildman–Crippen MR) is 215 cm³/mol. The summed E-state index contributed by atoms with van der Waals surface area (Å²) in [6.07, 6.45) is 0. The molecule has 0 aliphatic rings. The first kappa shape index (κ1) is 28.0. The minimum absolute atomic E-state index is 0.873. The van der Waals surface area contributed by atoms with Gasteiger partial charge < -0.3 is 13.9 Å². The Labute approximate surface area is 293 Å². The maximum Gasteiger partial charge on any atom is 0.137 e. The summed E-state index contributed by atoms with van der Waals surface area (Å²) in [4.78, 5) is 2.40. The lowest BCUT2D eigenvalue weighted by Crippen LogP contribution is -2.10. The lowest BCUT2D eigenvalue weighted by molar-refractivity contribution is 0.669. The molecule has 3 nitrogen and oxygen atoms in total. The quantitative estimate of drug-likeness (QED) is 0.177. The molecule has 238 valence electrons. The Morgan fingerprint density at radius 1 is 0.353 bits per heavy atom.